The third-order valence-electron chi connectivity index (χ3n) is 4.18. The molecule has 0 aromatic carbocycles. The Hall–Kier alpha value is -1.29. The van der Waals surface area contributed by atoms with Crippen LogP contribution in [0.5, 0.6) is 0 Å². The first kappa shape index (κ1) is 15.1. The number of carbonyl (C=O) groups is 1. The van der Waals surface area contributed by atoms with Crippen LogP contribution >= 0.6 is 0 Å². The number of anilines is 1. The van der Waals surface area contributed by atoms with Crippen molar-refractivity contribution in [3.63, 3.8) is 0 Å². The van der Waals surface area contributed by atoms with E-state index in [1.54, 1.807) is 0 Å². The molecule has 0 radical (unpaired) electrons. The summed E-state index contributed by atoms with van der Waals surface area (Å²) in [4.78, 5) is 17.3. The van der Waals surface area contributed by atoms with Crippen LogP contribution < -0.4 is 5.32 Å². The topological polar surface area (TPSA) is 48.1 Å². The van der Waals surface area contributed by atoms with Crippen LogP contribution in [-0.2, 0) is 4.79 Å². The second-order valence-electron chi connectivity index (χ2n) is 5.93. The predicted octanol–water partition coefficient (Wildman–Crippen LogP) is 3.34. The second-order valence-corrected chi connectivity index (χ2v) is 5.93. The minimum absolute atomic E-state index is 0.121. The van der Waals surface area contributed by atoms with Crippen LogP contribution in [0.2, 0.25) is 0 Å². The Kier molecular flexibility index (Phi) is 5.65. The number of H-pyrrole nitrogens is 1. The van der Waals surface area contributed by atoms with Gasteiger partial charge in [-0.25, -0.2) is 0 Å². The first-order chi connectivity index (χ1) is 9.69. The highest BCUT2D eigenvalue weighted by molar-refractivity contribution is 5.89. The van der Waals surface area contributed by atoms with Gasteiger partial charge < -0.3 is 15.2 Å². The Morgan fingerprint density at radius 2 is 2.15 bits per heavy atom. The molecule has 0 bridgehead atoms. The molecule has 20 heavy (non-hydrogen) atoms. The molecule has 1 aromatic heterocycles. The van der Waals surface area contributed by atoms with Crippen molar-refractivity contribution in [3.8, 4) is 0 Å². The molecule has 2 heterocycles. The lowest BCUT2D eigenvalue weighted by Gasteiger charge is -2.28. The number of rotatable bonds is 6. The van der Waals surface area contributed by atoms with E-state index in [0.717, 1.165) is 38.2 Å². The number of likely N-dealkylation sites (tertiary alicyclic amines) is 1. The summed E-state index contributed by atoms with van der Waals surface area (Å²) in [7, 11) is 2.18. The summed E-state index contributed by atoms with van der Waals surface area (Å²) in [6.45, 7) is 4.47. The standard InChI is InChI=1S/C16H27N3O/c1-3-4-5-6-16(20)18-15-11-14(12-17-15)13-7-9-19(2)10-8-13/h11-13,17H,3-10H2,1-2H3,(H,18,20). The number of hydrogen-bond donors (Lipinski definition) is 2. The molecule has 1 aliphatic rings. The molecule has 1 aromatic rings. The number of nitrogens with zero attached hydrogens (tertiary/aromatic N) is 1. The van der Waals surface area contributed by atoms with E-state index >= 15 is 0 Å². The van der Waals surface area contributed by atoms with Crippen molar-refractivity contribution in [1.82, 2.24) is 9.88 Å². The van der Waals surface area contributed by atoms with Crippen molar-refractivity contribution in [2.24, 2.45) is 0 Å². The van der Waals surface area contributed by atoms with Crippen molar-refractivity contribution in [1.29, 1.82) is 0 Å². The molecule has 1 aliphatic heterocycles. The molecular formula is C16H27N3O. The van der Waals surface area contributed by atoms with Gasteiger partial charge in [-0.15, -0.1) is 0 Å². The van der Waals surface area contributed by atoms with Crippen LogP contribution in [0, 0.1) is 0 Å². The minimum Gasteiger partial charge on any atom is -0.348 e. The molecule has 0 atom stereocenters. The van der Waals surface area contributed by atoms with E-state index < -0.39 is 0 Å². The van der Waals surface area contributed by atoms with Gasteiger partial charge in [0.05, 0.1) is 0 Å². The van der Waals surface area contributed by atoms with Gasteiger partial charge in [0.2, 0.25) is 5.91 Å². The van der Waals surface area contributed by atoms with Crippen LogP contribution in [0.25, 0.3) is 0 Å². The Labute approximate surface area is 121 Å². The first-order valence-corrected chi connectivity index (χ1v) is 7.85. The van der Waals surface area contributed by atoms with Gasteiger partial charge >= 0.3 is 0 Å². The largest absolute Gasteiger partial charge is 0.348 e. The Balaban J connectivity index is 1.81. The summed E-state index contributed by atoms with van der Waals surface area (Å²) in [6.07, 6.45) is 8.34. The smallest absolute Gasteiger partial charge is 0.225 e. The summed E-state index contributed by atoms with van der Waals surface area (Å²) < 4.78 is 0. The molecule has 0 spiro atoms. The summed E-state index contributed by atoms with van der Waals surface area (Å²) in [5.74, 6) is 1.60. The quantitative estimate of drug-likeness (QED) is 0.783. The number of piperidine rings is 1. The Morgan fingerprint density at radius 3 is 2.85 bits per heavy atom. The van der Waals surface area contributed by atoms with Gasteiger partial charge in [0.1, 0.15) is 5.82 Å². The maximum atomic E-state index is 11.8. The first-order valence-electron chi connectivity index (χ1n) is 7.85. The number of hydrogen-bond acceptors (Lipinski definition) is 2. The Morgan fingerprint density at radius 1 is 1.40 bits per heavy atom. The van der Waals surface area contributed by atoms with Gasteiger partial charge in [0, 0.05) is 12.6 Å². The highest BCUT2D eigenvalue weighted by atomic mass is 16.1. The van der Waals surface area contributed by atoms with Crippen molar-refractivity contribution in [2.75, 3.05) is 25.5 Å². The number of carbonyl (C=O) groups excluding carboxylic acids is 1. The van der Waals surface area contributed by atoms with Gasteiger partial charge in [-0.2, -0.15) is 0 Å². The van der Waals surface area contributed by atoms with E-state index in [2.05, 4.69) is 41.4 Å². The molecule has 1 saturated heterocycles. The van der Waals surface area contributed by atoms with Crippen LogP contribution in [0.3, 0.4) is 0 Å². The third kappa shape index (κ3) is 4.37. The van der Waals surface area contributed by atoms with Crippen LogP contribution in [0.15, 0.2) is 12.3 Å². The lowest BCUT2D eigenvalue weighted by atomic mass is 9.91. The van der Waals surface area contributed by atoms with Crippen LogP contribution in [0.4, 0.5) is 5.82 Å². The molecule has 2 rings (SSSR count). The van der Waals surface area contributed by atoms with Crippen LogP contribution in [0.1, 0.15) is 56.9 Å². The second kappa shape index (κ2) is 7.48. The predicted molar refractivity (Wildman–Crippen MR) is 83.0 cm³/mol. The third-order valence-corrected chi connectivity index (χ3v) is 4.18. The summed E-state index contributed by atoms with van der Waals surface area (Å²) in [5.41, 5.74) is 1.34. The van der Waals surface area contributed by atoms with Gasteiger partial charge in [-0.3, -0.25) is 4.79 Å². The zero-order valence-corrected chi connectivity index (χ0v) is 12.7. The summed E-state index contributed by atoms with van der Waals surface area (Å²) in [5, 5.41) is 2.96. The van der Waals surface area contributed by atoms with Gasteiger partial charge in [-0.1, -0.05) is 19.8 Å². The maximum Gasteiger partial charge on any atom is 0.225 e. The lowest BCUT2D eigenvalue weighted by molar-refractivity contribution is -0.116. The molecule has 4 heteroatoms. The van der Waals surface area contributed by atoms with E-state index in [1.807, 2.05) is 0 Å². The summed E-state index contributed by atoms with van der Waals surface area (Å²) in [6, 6.07) is 2.10. The zero-order valence-electron chi connectivity index (χ0n) is 12.7. The van der Waals surface area contributed by atoms with Gasteiger partial charge in [-0.05, 0) is 56.9 Å². The van der Waals surface area contributed by atoms with E-state index in [-0.39, 0.29) is 5.91 Å². The number of nitrogens with one attached hydrogen (secondary N) is 2. The lowest BCUT2D eigenvalue weighted by Crippen LogP contribution is -2.29. The molecule has 112 valence electrons. The molecule has 1 amide bonds. The normalized spacial score (nSPS) is 17.3. The number of amides is 1. The SMILES string of the molecule is CCCCCC(=O)Nc1cc(C2CCN(C)CC2)c[nH]1. The highest BCUT2D eigenvalue weighted by Crippen LogP contribution is 2.28. The van der Waals surface area contributed by atoms with Gasteiger partial charge in [0.15, 0.2) is 0 Å². The van der Waals surface area contributed by atoms with E-state index in [1.165, 1.54) is 18.4 Å². The fourth-order valence-electron chi connectivity index (χ4n) is 2.81. The Bertz CT molecular complexity index is 419. The van der Waals surface area contributed by atoms with Crippen molar-refractivity contribution < 1.29 is 4.79 Å². The molecule has 2 N–H and O–H groups in total. The van der Waals surface area contributed by atoms with Crippen molar-refractivity contribution in [2.45, 2.75) is 51.4 Å². The molecule has 0 unspecified atom stereocenters. The fraction of sp³-hybridized carbons (Fsp3) is 0.688. The fourth-order valence-corrected chi connectivity index (χ4v) is 2.81. The monoisotopic (exact) mass is 277 g/mol. The maximum absolute atomic E-state index is 11.8. The molecule has 1 fully saturated rings. The zero-order chi connectivity index (χ0) is 14.4. The van der Waals surface area contributed by atoms with E-state index in [4.69, 9.17) is 0 Å². The molecule has 0 aliphatic carbocycles. The summed E-state index contributed by atoms with van der Waals surface area (Å²) >= 11 is 0. The number of unbranched alkanes of at least 4 members (excludes halogenated alkanes) is 2. The molecule has 4 nitrogen and oxygen atoms in total. The average molecular weight is 277 g/mol. The van der Waals surface area contributed by atoms with Crippen molar-refractivity contribution in [3.05, 3.63) is 17.8 Å². The molecule has 0 saturated carbocycles. The van der Waals surface area contributed by atoms with E-state index in [9.17, 15) is 4.79 Å². The number of aromatic nitrogens is 1. The van der Waals surface area contributed by atoms with E-state index in [0.29, 0.717) is 12.3 Å². The van der Waals surface area contributed by atoms with Crippen molar-refractivity contribution >= 4 is 11.7 Å². The minimum atomic E-state index is 0.121. The number of aromatic amines is 1. The van der Waals surface area contributed by atoms with Gasteiger partial charge in [0.25, 0.3) is 0 Å². The molecular weight excluding hydrogens is 250 g/mol. The highest BCUT2D eigenvalue weighted by Gasteiger charge is 2.19. The van der Waals surface area contributed by atoms with Crippen LogP contribution in [-0.4, -0.2) is 35.9 Å². The average Bonchev–Trinajstić information content (AvgIpc) is 2.88.